The van der Waals surface area contributed by atoms with Crippen molar-refractivity contribution in [3.63, 3.8) is 0 Å². The molecular weight excluding hydrogens is 332 g/mol. The average Bonchev–Trinajstić information content (AvgIpc) is 2.61. The summed E-state index contributed by atoms with van der Waals surface area (Å²) in [5, 5.41) is 0. The molecule has 0 unspecified atom stereocenters. The molecule has 0 saturated carbocycles. The molecule has 0 heterocycles. The van der Waals surface area contributed by atoms with Crippen LogP contribution < -0.4 is 18.9 Å². The van der Waals surface area contributed by atoms with Gasteiger partial charge in [-0.25, -0.2) is 0 Å². The summed E-state index contributed by atoms with van der Waals surface area (Å²) in [6.45, 7) is 9.00. The summed E-state index contributed by atoms with van der Waals surface area (Å²) in [6, 6.07) is 10.6. The van der Waals surface area contributed by atoms with Crippen molar-refractivity contribution in [1.82, 2.24) is 0 Å². The van der Waals surface area contributed by atoms with E-state index < -0.39 is 5.41 Å². The SMILES string of the molecule is C=COc1cccc(OC)c1-c1c(OC)cccc1OC(=O)C(C)(C)C. The number of benzene rings is 2. The second-order valence-corrected chi connectivity index (χ2v) is 6.59. The molecule has 0 spiro atoms. The zero-order valence-corrected chi connectivity index (χ0v) is 15.8. The van der Waals surface area contributed by atoms with E-state index in [4.69, 9.17) is 18.9 Å². The van der Waals surface area contributed by atoms with E-state index in [0.29, 0.717) is 34.1 Å². The maximum Gasteiger partial charge on any atom is 0.316 e. The molecule has 0 aliphatic rings. The first-order chi connectivity index (χ1) is 12.3. The average molecular weight is 356 g/mol. The summed E-state index contributed by atoms with van der Waals surface area (Å²) in [5.41, 5.74) is 0.535. The van der Waals surface area contributed by atoms with Crippen LogP contribution in [0.3, 0.4) is 0 Å². The lowest BCUT2D eigenvalue weighted by atomic mass is 9.97. The first-order valence-corrected chi connectivity index (χ1v) is 8.17. The molecule has 2 aromatic rings. The third-order valence-corrected chi connectivity index (χ3v) is 3.69. The molecule has 0 amide bonds. The molecule has 0 aliphatic heterocycles. The monoisotopic (exact) mass is 356 g/mol. The van der Waals surface area contributed by atoms with Crippen LogP contribution in [-0.2, 0) is 4.79 Å². The Morgan fingerprint density at radius 2 is 1.35 bits per heavy atom. The maximum absolute atomic E-state index is 12.4. The van der Waals surface area contributed by atoms with E-state index in [1.165, 1.54) is 6.26 Å². The Bertz CT molecular complexity index is 803. The van der Waals surface area contributed by atoms with E-state index in [9.17, 15) is 4.79 Å². The molecule has 0 atom stereocenters. The van der Waals surface area contributed by atoms with Gasteiger partial charge in [0.1, 0.15) is 23.0 Å². The Morgan fingerprint density at radius 1 is 0.885 bits per heavy atom. The summed E-state index contributed by atoms with van der Waals surface area (Å²) < 4.78 is 22.2. The van der Waals surface area contributed by atoms with Crippen molar-refractivity contribution in [3.8, 4) is 34.1 Å². The molecule has 5 heteroatoms. The summed E-state index contributed by atoms with van der Waals surface area (Å²) in [6.07, 6.45) is 1.33. The fraction of sp³-hybridized carbons (Fsp3) is 0.286. The number of hydrogen-bond donors (Lipinski definition) is 0. The fourth-order valence-corrected chi connectivity index (χ4v) is 2.38. The molecule has 0 aliphatic carbocycles. The van der Waals surface area contributed by atoms with Crippen LogP contribution in [0.4, 0.5) is 0 Å². The number of methoxy groups -OCH3 is 2. The van der Waals surface area contributed by atoms with Gasteiger partial charge in [0.25, 0.3) is 0 Å². The number of carbonyl (C=O) groups excluding carboxylic acids is 1. The van der Waals surface area contributed by atoms with Gasteiger partial charge in [0.05, 0.1) is 37.0 Å². The lowest BCUT2D eigenvalue weighted by molar-refractivity contribution is -0.142. The summed E-state index contributed by atoms with van der Waals surface area (Å²) in [7, 11) is 3.12. The Kier molecular flexibility index (Phi) is 5.93. The number of esters is 1. The van der Waals surface area contributed by atoms with E-state index in [0.717, 1.165) is 0 Å². The molecule has 5 nitrogen and oxygen atoms in total. The molecular formula is C21H24O5. The minimum absolute atomic E-state index is 0.354. The molecule has 0 aromatic heterocycles. The molecule has 2 aromatic carbocycles. The minimum Gasteiger partial charge on any atom is -0.496 e. The van der Waals surface area contributed by atoms with E-state index in [1.807, 2.05) is 0 Å². The van der Waals surface area contributed by atoms with E-state index in [1.54, 1.807) is 71.4 Å². The van der Waals surface area contributed by atoms with Crippen LogP contribution in [0.1, 0.15) is 20.8 Å². The van der Waals surface area contributed by atoms with Crippen molar-refractivity contribution < 1.29 is 23.7 Å². The lowest BCUT2D eigenvalue weighted by Gasteiger charge is -2.21. The summed E-state index contributed by atoms with van der Waals surface area (Å²) in [5.74, 6) is 1.61. The number of ether oxygens (including phenoxy) is 4. The molecule has 0 fully saturated rings. The predicted octanol–water partition coefficient (Wildman–Crippen LogP) is 4.84. The van der Waals surface area contributed by atoms with E-state index in [2.05, 4.69) is 6.58 Å². The highest BCUT2D eigenvalue weighted by molar-refractivity contribution is 5.88. The molecule has 0 radical (unpaired) electrons. The third-order valence-electron chi connectivity index (χ3n) is 3.69. The second kappa shape index (κ2) is 7.95. The van der Waals surface area contributed by atoms with Gasteiger partial charge in [-0.3, -0.25) is 4.79 Å². The van der Waals surface area contributed by atoms with Crippen LogP contribution in [-0.4, -0.2) is 20.2 Å². The molecule has 2 rings (SSSR count). The van der Waals surface area contributed by atoms with Gasteiger partial charge in [-0.05, 0) is 45.0 Å². The normalized spacial score (nSPS) is 10.8. The van der Waals surface area contributed by atoms with Gasteiger partial charge in [-0.1, -0.05) is 18.7 Å². The number of hydrogen-bond acceptors (Lipinski definition) is 5. The second-order valence-electron chi connectivity index (χ2n) is 6.59. The minimum atomic E-state index is -0.651. The van der Waals surface area contributed by atoms with E-state index >= 15 is 0 Å². The Labute approximate surface area is 154 Å². The van der Waals surface area contributed by atoms with Crippen molar-refractivity contribution >= 4 is 5.97 Å². The van der Waals surface area contributed by atoms with Gasteiger partial charge in [0.15, 0.2) is 0 Å². The van der Waals surface area contributed by atoms with Gasteiger partial charge >= 0.3 is 5.97 Å². The smallest absolute Gasteiger partial charge is 0.316 e. The largest absolute Gasteiger partial charge is 0.496 e. The van der Waals surface area contributed by atoms with Crippen molar-refractivity contribution in [3.05, 3.63) is 49.2 Å². The highest BCUT2D eigenvalue weighted by Gasteiger charge is 2.27. The van der Waals surface area contributed by atoms with Crippen LogP contribution in [0.2, 0.25) is 0 Å². The van der Waals surface area contributed by atoms with Gasteiger partial charge < -0.3 is 18.9 Å². The Hall–Kier alpha value is -2.95. The molecule has 0 bridgehead atoms. The third kappa shape index (κ3) is 3.99. The van der Waals surface area contributed by atoms with Crippen LogP contribution in [0.25, 0.3) is 11.1 Å². The zero-order chi connectivity index (χ0) is 19.3. The highest BCUT2D eigenvalue weighted by Crippen LogP contribution is 2.47. The molecule has 138 valence electrons. The van der Waals surface area contributed by atoms with Crippen LogP contribution in [0.15, 0.2) is 49.2 Å². The first kappa shape index (κ1) is 19.4. The maximum atomic E-state index is 12.4. The van der Waals surface area contributed by atoms with Crippen molar-refractivity contribution in [2.45, 2.75) is 20.8 Å². The lowest BCUT2D eigenvalue weighted by Crippen LogP contribution is -2.25. The van der Waals surface area contributed by atoms with Gasteiger partial charge in [-0.2, -0.15) is 0 Å². The van der Waals surface area contributed by atoms with Crippen LogP contribution in [0, 0.1) is 5.41 Å². The molecule has 26 heavy (non-hydrogen) atoms. The van der Waals surface area contributed by atoms with Gasteiger partial charge in [0.2, 0.25) is 0 Å². The van der Waals surface area contributed by atoms with Crippen LogP contribution in [0.5, 0.6) is 23.0 Å². The fourth-order valence-electron chi connectivity index (χ4n) is 2.38. The quantitative estimate of drug-likeness (QED) is 0.421. The summed E-state index contributed by atoms with van der Waals surface area (Å²) in [4.78, 5) is 12.4. The predicted molar refractivity (Wildman–Crippen MR) is 101 cm³/mol. The number of rotatable bonds is 6. The Balaban J connectivity index is 2.73. The van der Waals surface area contributed by atoms with Gasteiger partial charge in [-0.15, -0.1) is 0 Å². The van der Waals surface area contributed by atoms with Crippen molar-refractivity contribution in [2.75, 3.05) is 14.2 Å². The van der Waals surface area contributed by atoms with E-state index in [-0.39, 0.29) is 5.97 Å². The number of carbonyl (C=O) groups is 1. The highest BCUT2D eigenvalue weighted by atomic mass is 16.5. The summed E-state index contributed by atoms with van der Waals surface area (Å²) >= 11 is 0. The molecule has 0 saturated heterocycles. The zero-order valence-electron chi connectivity index (χ0n) is 15.8. The van der Waals surface area contributed by atoms with Crippen molar-refractivity contribution in [1.29, 1.82) is 0 Å². The van der Waals surface area contributed by atoms with Gasteiger partial charge in [0, 0.05) is 0 Å². The Morgan fingerprint density at radius 3 is 1.81 bits per heavy atom. The first-order valence-electron chi connectivity index (χ1n) is 8.17. The van der Waals surface area contributed by atoms with Crippen LogP contribution >= 0.6 is 0 Å². The van der Waals surface area contributed by atoms with Crippen molar-refractivity contribution in [2.24, 2.45) is 5.41 Å². The topological polar surface area (TPSA) is 54.0 Å². The molecule has 0 N–H and O–H groups in total. The standard InChI is InChI=1S/C21H24O5/c1-7-25-16-12-8-10-14(23-5)18(16)19-15(24-6)11-9-13-17(19)26-20(22)21(2,3)4/h7-13H,1H2,2-6H3.